The van der Waals surface area contributed by atoms with Crippen molar-refractivity contribution in [3.63, 3.8) is 0 Å². The highest BCUT2D eigenvalue weighted by Gasteiger charge is 2.19. The number of aromatic nitrogens is 1. The number of amides is 1. The molecule has 0 radical (unpaired) electrons. The number of nitrogens with zero attached hydrogens (tertiary/aromatic N) is 2. The van der Waals surface area contributed by atoms with Crippen LogP contribution in [0.3, 0.4) is 0 Å². The SMILES string of the molecule is CNC(=O)Cn1cc([N+](=O)[O-])cc1C(=O)O. The number of carbonyl (C=O) groups is 2. The molecule has 8 heteroatoms. The first-order valence-corrected chi connectivity index (χ1v) is 4.24. The molecule has 0 spiro atoms. The Bertz CT molecular complexity index is 451. The Morgan fingerprint density at radius 3 is 2.69 bits per heavy atom. The number of carboxylic acids is 1. The zero-order valence-corrected chi connectivity index (χ0v) is 8.34. The van der Waals surface area contributed by atoms with Crippen molar-refractivity contribution >= 4 is 17.6 Å². The molecule has 1 rings (SSSR count). The fourth-order valence-electron chi connectivity index (χ4n) is 1.14. The summed E-state index contributed by atoms with van der Waals surface area (Å²) in [6.45, 7) is -0.272. The van der Waals surface area contributed by atoms with E-state index in [2.05, 4.69) is 5.32 Å². The number of hydrogen-bond donors (Lipinski definition) is 2. The third kappa shape index (κ3) is 2.35. The van der Waals surface area contributed by atoms with Crippen molar-refractivity contribution in [3.8, 4) is 0 Å². The fraction of sp³-hybridized carbons (Fsp3) is 0.250. The van der Waals surface area contributed by atoms with Crippen LogP contribution in [0.2, 0.25) is 0 Å². The van der Waals surface area contributed by atoms with Crippen molar-refractivity contribution in [1.29, 1.82) is 0 Å². The first-order valence-electron chi connectivity index (χ1n) is 4.24. The molecular formula is C8H9N3O5. The van der Waals surface area contributed by atoms with Crippen LogP contribution in [0.25, 0.3) is 0 Å². The van der Waals surface area contributed by atoms with Gasteiger partial charge < -0.3 is 15.0 Å². The minimum Gasteiger partial charge on any atom is -0.477 e. The number of rotatable bonds is 4. The lowest BCUT2D eigenvalue weighted by atomic mass is 10.4. The molecule has 0 bridgehead atoms. The Kier molecular flexibility index (Phi) is 3.24. The van der Waals surface area contributed by atoms with E-state index in [0.717, 1.165) is 16.8 Å². The van der Waals surface area contributed by atoms with E-state index in [1.807, 2.05) is 0 Å². The number of nitrogens with one attached hydrogen (secondary N) is 1. The van der Waals surface area contributed by atoms with Gasteiger partial charge in [-0.15, -0.1) is 0 Å². The first kappa shape index (κ1) is 11.7. The molecule has 0 aromatic carbocycles. The normalized spacial score (nSPS) is 9.81. The Morgan fingerprint density at radius 2 is 2.25 bits per heavy atom. The maximum absolute atomic E-state index is 11.0. The maximum Gasteiger partial charge on any atom is 0.352 e. The predicted octanol–water partition coefficient (Wildman–Crippen LogP) is -0.160. The second kappa shape index (κ2) is 4.43. The molecule has 2 N–H and O–H groups in total. The molecule has 1 aromatic heterocycles. The van der Waals surface area contributed by atoms with Crippen LogP contribution in [0.4, 0.5) is 5.69 Å². The van der Waals surface area contributed by atoms with Crippen LogP contribution >= 0.6 is 0 Å². The van der Waals surface area contributed by atoms with Crippen molar-refractivity contribution in [2.75, 3.05) is 7.05 Å². The van der Waals surface area contributed by atoms with Crippen LogP contribution in [0, 0.1) is 10.1 Å². The number of carbonyl (C=O) groups excluding carboxylic acids is 1. The van der Waals surface area contributed by atoms with Gasteiger partial charge in [0, 0.05) is 13.1 Å². The lowest BCUT2D eigenvalue weighted by Gasteiger charge is -2.03. The van der Waals surface area contributed by atoms with Crippen LogP contribution in [-0.4, -0.2) is 33.5 Å². The molecule has 0 saturated carbocycles. The minimum atomic E-state index is -1.32. The highest BCUT2D eigenvalue weighted by Crippen LogP contribution is 2.16. The Labute approximate surface area is 89.6 Å². The summed E-state index contributed by atoms with van der Waals surface area (Å²) < 4.78 is 1.01. The Hall–Kier alpha value is -2.38. The lowest BCUT2D eigenvalue weighted by molar-refractivity contribution is -0.384. The van der Waals surface area contributed by atoms with Crippen molar-refractivity contribution in [2.24, 2.45) is 0 Å². The average Bonchev–Trinajstić information content (AvgIpc) is 2.61. The number of carboxylic acid groups (broad SMARTS) is 1. The van der Waals surface area contributed by atoms with Crippen LogP contribution in [-0.2, 0) is 11.3 Å². The van der Waals surface area contributed by atoms with Gasteiger partial charge in [0.05, 0.1) is 11.1 Å². The van der Waals surface area contributed by atoms with Gasteiger partial charge in [-0.25, -0.2) is 4.79 Å². The van der Waals surface area contributed by atoms with Crippen molar-refractivity contribution in [3.05, 3.63) is 28.1 Å². The van der Waals surface area contributed by atoms with Crippen molar-refractivity contribution in [1.82, 2.24) is 9.88 Å². The number of nitro groups is 1. The standard InChI is InChI=1S/C8H9N3O5/c1-9-7(12)4-10-3-5(11(15)16)2-6(10)8(13)14/h2-3H,4H2,1H3,(H,9,12)(H,13,14). The third-order valence-electron chi connectivity index (χ3n) is 1.90. The second-order valence-electron chi connectivity index (χ2n) is 2.95. The topological polar surface area (TPSA) is 114 Å². The number of aromatic carboxylic acids is 1. The molecule has 1 heterocycles. The summed E-state index contributed by atoms with van der Waals surface area (Å²) >= 11 is 0. The molecule has 16 heavy (non-hydrogen) atoms. The van der Waals surface area contributed by atoms with Gasteiger partial charge in [0.15, 0.2) is 0 Å². The molecule has 0 saturated heterocycles. The molecular weight excluding hydrogens is 218 g/mol. The molecule has 0 aliphatic rings. The summed E-state index contributed by atoms with van der Waals surface area (Å²) in [4.78, 5) is 31.5. The molecule has 0 aliphatic heterocycles. The van der Waals surface area contributed by atoms with E-state index in [-0.39, 0.29) is 17.9 Å². The van der Waals surface area contributed by atoms with E-state index in [4.69, 9.17) is 5.11 Å². The number of likely N-dealkylation sites (N-methyl/N-ethyl adjacent to an activating group) is 1. The number of hydrogen-bond acceptors (Lipinski definition) is 4. The van der Waals surface area contributed by atoms with Gasteiger partial charge in [0.25, 0.3) is 5.69 Å². The van der Waals surface area contributed by atoms with E-state index in [1.54, 1.807) is 0 Å². The fourth-order valence-corrected chi connectivity index (χ4v) is 1.14. The second-order valence-corrected chi connectivity index (χ2v) is 2.95. The molecule has 86 valence electrons. The predicted molar refractivity (Wildman–Crippen MR) is 52.1 cm³/mol. The van der Waals surface area contributed by atoms with Gasteiger partial charge >= 0.3 is 5.97 Å². The van der Waals surface area contributed by atoms with E-state index in [9.17, 15) is 19.7 Å². The van der Waals surface area contributed by atoms with E-state index in [1.165, 1.54) is 7.05 Å². The third-order valence-corrected chi connectivity index (χ3v) is 1.90. The lowest BCUT2D eigenvalue weighted by Crippen LogP contribution is -2.24. The summed E-state index contributed by atoms with van der Waals surface area (Å²) in [6.07, 6.45) is 1.01. The summed E-state index contributed by atoms with van der Waals surface area (Å²) in [6, 6.07) is 0.908. The maximum atomic E-state index is 11.0. The van der Waals surface area contributed by atoms with Crippen LogP contribution in [0.5, 0.6) is 0 Å². The summed E-state index contributed by atoms with van der Waals surface area (Å²) in [5, 5.41) is 21.5. The van der Waals surface area contributed by atoms with Crippen molar-refractivity contribution in [2.45, 2.75) is 6.54 Å². The van der Waals surface area contributed by atoms with Gasteiger partial charge in [-0.3, -0.25) is 14.9 Å². The monoisotopic (exact) mass is 227 g/mol. The van der Waals surface area contributed by atoms with Gasteiger partial charge in [-0.1, -0.05) is 0 Å². The molecule has 0 fully saturated rings. The molecule has 0 atom stereocenters. The van der Waals surface area contributed by atoms with Crippen LogP contribution in [0.1, 0.15) is 10.5 Å². The zero-order chi connectivity index (χ0) is 12.3. The summed E-state index contributed by atoms with van der Waals surface area (Å²) in [7, 11) is 1.39. The Morgan fingerprint density at radius 1 is 1.62 bits per heavy atom. The smallest absolute Gasteiger partial charge is 0.352 e. The first-order chi connectivity index (χ1) is 7.45. The van der Waals surface area contributed by atoms with Gasteiger partial charge in [-0.2, -0.15) is 0 Å². The molecule has 0 unspecified atom stereocenters. The zero-order valence-electron chi connectivity index (χ0n) is 8.34. The van der Waals surface area contributed by atoms with Crippen LogP contribution < -0.4 is 5.32 Å². The Balaban J connectivity index is 3.10. The van der Waals surface area contributed by atoms with E-state index in [0.29, 0.717) is 0 Å². The quantitative estimate of drug-likeness (QED) is 0.547. The summed E-state index contributed by atoms with van der Waals surface area (Å²) in [5.74, 6) is -1.76. The highest BCUT2D eigenvalue weighted by atomic mass is 16.6. The molecule has 1 amide bonds. The van der Waals surface area contributed by atoms with Gasteiger partial charge in [0.1, 0.15) is 12.2 Å². The van der Waals surface area contributed by atoms with E-state index >= 15 is 0 Å². The van der Waals surface area contributed by atoms with Gasteiger partial charge in [-0.05, 0) is 0 Å². The molecule has 0 aliphatic carbocycles. The minimum absolute atomic E-state index is 0.272. The van der Waals surface area contributed by atoms with E-state index < -0.39 is 16.8 Å². The van der Waals surface area contributed by atoms with Crippen LogP contribution in [0.15, 0.2) is 12.3 Å². The largest absolute Gasteiger partial charge is 0.477 e. The van der Waals surface area contributed by atoms with Crippen molar-refractivity contribution < 1.29 is 19.6 Å². The highest BCUT2D eigenvalue weighted by molar-refractivity contribution is 5.88. The average molecular weight is 227 g/mol. The van der Waals surface area contributed by atoms with Gasteiger partial charge in [0.2, 0.25) is 5.91 Å². The molecule has 8 nitrogen and oxygen atoms in total. The molecule has 1 aromatic rings. The summed E-state index contributed by atoms with van der Waals surface area (Å²) in [5.41, 5.74) is -0.656.